The second kappa shape index (κ2) is 10.1. The summed E-state index contributed by atoms with van der Waals surface area (Å²) in [5.41, 5.74) is 0. The minimum atomic E-state index is -0.550. The average Bonchev–Trinajstić information content (AvgIpc) is 2.31. The van der Waals surface area contributed by atoms with Gasteiger partial charge >= 0.3 is 0 Å². The van der Waals surface area contributed by atoms with Gasteiger partial charge in [0.05, 0.1) is 6.61 Å². The van der Waals surface area contributed by atoms with Gasteiger partial charge in [-0.1, -0.05) is 53.4 Å². The lowest BCUT2D eigenvalue weighted by molar-refractivity contribution is -0.113. The highest BCUT2D eigenvalue weighted by Crippen LogP contribution is 2.14. The molecule has 1 N–H and O–H groups in total. The molecule has 0 saturated carbocycles. The molecule has 0 saturated heterocycles. The van der Waals surface area contributed by atoms with E-state index in [0.717, 1.165) is 25.2 Å². The van der Waals surface area contributed by atoms with Gasteiger partial charge in [-0.05, 0) is 24.7 Å². The Morgan fingerprint density at radius 2 is 1.50 bits per heavy atom. The fourth-order valence-electron chi connectivity index (χ4n) is 1.49. The van der Waals surface area contributed by atoms with Crippen LogP contribution >= 0.6 is 0 Å². The Hall–Kier alpha value is -0.0800. The summed E-state index contributed by atoms with van der Waals surface area (Å²) in [5.74, 6) is 1.37. The number of rotatable bonds is 10. The van der Waals surface area contributed by atoms with E-state index in [1.165, 1.54) is 19.3 Å². The predicted octanol–water partition coefficient (Wildman–Crippen LogP) is 3.97. The lowest BCUT2D eigenvalue weighted by atomic mass is 10.0. The molecule has 3 unspecified atom stereocenters. The van der Waals surface area contributed by atoms with Gasteiger partial charge in [0, 0.05) is 0 Å². The van der Waals surface area contributed by atoms with Gasteiger partial charge < -0.3 is 9.84 Å². The maximum atomic E-state index is 9.59. The molecule has 0 aliphatic rings. The van der Waals surface area contributed by atoms with Gasteiger partial charge in [-0.2, -0.15) is 0 Å². The monoisotopic (exact) mass is 230 g/mol. The number of unbranched alkanes of at least 4 members (excludes halogenated alkanes) is 1. The van der Waals surface area contributed by atoms with Crippen LogP contribution in [0.1, 0.15) is 66.2 Å². The van der Waals surface area contributed by atoms with Gasteiger partial charge in [-0.25, -0.2) is 0 Å². The molecule has 2 heteroatoms. The number of ether oxygens (including phenoxy) is 1. The number of aliphatic hydroxyl groups is 1. The molecule has 3 atom stereocenters. The van der Waals surface area contributed by atoms with Crippen LogP contribution < -0.4 is 0 Å². The van der Waals surface area contributed by atoms with Crippen LogP contribution in [0, 0.1) is 11.8 Å². The fourth-order valence-corrected chi connectivity index (χ4v) is 1.49. The second-order valence-corrected chi connectivity index (χ2v) is 5.10. The summed E-state index contributed by atoms with van der Waals surface area (Å²) in [7, 11) is 0. The van der Waals surface area contributed by atoms with E-state index >= 15 is 0 Å². The molecule has 98 valence electrons. The van der Waals surface area contributed by atoms with Gasteiger partial charge in [0.2, 0.25) is 0 Å². The maximum Gasteiger partial charge on any atom is 0.154 e. The zero-order valence-corrected chi connectivity index (χ0v) is 11.5. The first-order valence-electron chi connectivity index (χ1n) is 6.89. The second-order valence-electron chi connectivity index (χ2n) is 5.10. The van der Waals surface area contributed by atoms with E-state index in [9.17, 15) is 5.11 Å². The number of aliphatic hydroxyl groups excluding tert-OH is 1. The summed E-state index contributed by atoms with van der Waals surface area (Å²) in [6.45, 7) is 9.50. The highest BCUT2D eigenvalue weighted by Gasteiger charge is 2.07. The molecule has 0 aromatic carbocycles. The molecule has 0 rings (SSSR count). The normalized spacial score (nSPS) is 17.1. The minimum absolute atomic E-state index is 0.550. The lowest BCUT2D eigenvalue weighted by Gasteiger charge is -2.15. The van der Waals surface area contributed by atoms with E-state index < -0.39 is 6.29 Å². The Kier molecular flexibility index (Phi) is 10.0. The summed E-state index contributed by atoms with van der Waals surface area (Å²) >= 11 is 0. The molecule has 0 aliphatic heterocycles. The van der Waals surface area contributed by atoms with Crippen molar-refractivity contribution in [2.24, 2.45) is 11.8 Å². The molecule has 0 bridgehead atoms. The van der Waals surface area contributed by atoms with Crippen molar-refractivity contribution in [3.05, 3.63) is 0 Å². The predicted molar refractivity (Wildman–Crippen MR) is 69.3 cm³/mol. The molecule has 16 heavy (non-hydrogen) atoms. The minimum Gasteiger partial charge on any atom is -0.368 e. The largest absolute Gasteiger partial charge is 0.368 e. The third-order valence-corrected chi connectivity index (χ3v) is 3.36. The van der Waals surface area contributed by atoms with E-state index in [-0.39, 0.29) is 0 Å². The van der Waals surface area contributed by atoms with E-state index in [0.29, 0.717) is 12.5 Å². The van der Waals surface area contributed by atoms with Gasteiger partial charge in [0.15, 0.2) is 6.29 Å². The van der Waals surface area contributed by atoms with Gasteiger partial charge in [0.1, 0.15) is 0 Å². The standard InChI is InChI=1S/C14H30O2/c1-5-12(3)9-7-8-10-14(15)16-11-13(4)6-2/h12-15H,5-11H2,1-4H3. The molecule has 0 heterocycles. The Morgan fingerprint density at radius 3 is 2.06 bits per heavy atom. The van der Waals surface area contributed by atoms with E-state index in [1.807, 2.05) is 0 Å². The van der Waals surface area contributed by atoms with Crippen LogP contribution in [0.3, 0.4) is 0 Å². The average molecular weight is 230 g/mol. The fraction of sp³-hybridized carbons (Fsp3) is 1.00. The van der Waals surface area contributed by atoms with Crippen molar-refractivity contribution in [2.45, 2.75) is 72.5 Å². The van der Waals surface area contributed by atoms with E-state index in [2.05, 4.69) is 27.7 Å². The van der Waals surface area contributed by atoms with Crippen LogP contribution in [0.15, 0.2) is 0 Å². The first kappa shape index (κ1) is 15.9. The Morgan fingerprint density at radius 1 is 0.938 bits per heavy atom. The summed E-state index contributed by atoms with van der Waals surface area (Å²) in [5, 5.41) is 9.59. The van der Waals surface area contributed by atoms with Crippen LogP contribution in [0.25, 0.3) is 0 Å². The third kappa shape index (κ3) is 9.17. The highest BCUT2D eigenvalue weighted by molar-refractivity contribution is 4.53. The first-order chi connectivity index (χ1) is 7.60. The van der Waals surface area contributed by atoms with Crippen LogP contribution in [-0.4, -0.2) is 18.0 Å². The van der Waals surface area contributed by atoms with E-state index in [4.69, 9.17) is 4.74 Å². The zero-order chi connectivity index (χ0) is 12.4. The maximum absolute atomic E-state index is 9.59. The van der Waals surface area contributed by atoms with Crippen molar-refractivity contribution in [2.75, 3.05) is 6.61 Å². The Labute approximate surface area is 101 Å². The summed E-state index contributed by atoms with van der Waals surface area (Å²) in [6.07, 6.45) is 6.16. The first-order valence-corrected chi connectivity index (χ1v) is 6.89. The van der Waals surface area contributed by atoms with Crippen molar-refractivity contribution in [1.29, 1.82) is 0 Å². The number of hydrogen-bond donors (Lipinski definition) is 1. The summed E-state index contributed by atoms with van der Waals surface area (Å²) < 4.78 is 5.38. The third-order valence-electron chi connectivity index (χ3n) is 3.36. The van der Waals surface area contributed by atoms with Crippen molar-refractivity contribution in [3.63, 3.8) is 0 Å². The molecule has 0 aliphatic carbocycles. The SMILES string of the molecule is CCC(C)CCCCC(O)OCC(C)CC. The quantitative estimate of drug-likeness (QED) is 0.454. The molecular formula is C14H30O2. The topological polar surface area (TPSA) is 29.5 Å². The molecule has 0 fully saturated rings. The molecule has 2 nitrogen and oxygen atoms in total. The van der Waals surface area contributed by atoms with E-state index in [1.54, 1.807) is 0 Å². The van der Waals surface area contributed by atoms with Gasteiger partial charge in [-0.3, -0.25) is 0 Å². The lowest BCUT2D eigenvalue weighted by Crippen LogP contribution is -2.16. The molecule has 0 radical (unpaired) electrons. The molecule has 0 amide bonds. The van der Waals surface area contributed by atoms with Crippen LogP contribution in [0.5, 0.6) is 0 Å². The zero-order valence-electron chi connectivity index (χ0n) is 11.5. The van der Waals surface area contributed by atoms with Gasteiger partial charge in [-0.15, -0.1) is 0 Å². The van der Waals surface area contributed by atoms with Gasteiger partial charge in [0.25, 0.3) is 0 Å². The molecule has 0 spiro atoms. The highest BCUT2D eigenvalue weighted by atomic mass is 16.6. The Balaban J connectivity index is 3.33. The van der Waals surface area contributed by atoms with Crippen molar-refractivity contribution in [1.82, 2.24) is 0 Å². The summed E-state index contributed by atoms with van der Waals surface area (Å²) in [4.78, 5) is 0. The number of hydrogen-bond acceptors (Lipinski definition) is 2. The smallest absolute Gasteiger partial charge is 0.154 e. The molecular weight excluding hydrogens is 200 g/mol. The van der Waals surface area contributed by atoms with Crippen molar-refractivity contribution >= 4 is 0 Å². The van der Waals surface area contributed by atoms with Crippen LogP contribution in [0.4, 0.5) is 0 Å². The Bertz CT molecular complexity index is 148. The van der Waals surface area contributed by atoms with Crippen LogP contribution in [-0.2, 0) is 4.74 Å². The molecule has 0 aromatic heterocycles. The molecule has 0 aromatic rings. The van der Waals surface area contributed by atoms with Crippen LogP contribution in [0.2, 0.25) is 0 Å². The van der Waals surface area contributed by atoms with Crippen molar-refractivity contribution in [3.8, 4) is 0 Å². The van der Waals surface area contributed by atoms with Crippen molar-refractivity contribution < 1.29 is 9.84 Å². The summed E-state index contributed by atoms with van der Waals surface area (Å²) in [6, 6.07) is 0.